The van der Waals surface area contributed by atoms with Crippen molar-refractivity contribution in [1.29, 1.82) is 0 Å². The highest BCUT2D eigenvalue weighted by atomic mass is 16.5. The van der Waals surface area contributed by atoms with Crippen molar-refractivity contribution < 1.29 is 9.53 Å². The third-order valence-electron chi connectivity index (χ3n) is 5.79. The number of benzene rings is 1. The van der Waals surface area contributed by atoms with E-state index in [1.165, 1.54) is 0 Å². The number of nitrogens with one attached hydrogen (secondary N) is 1. The van der Waals surface area contributed by atoms with Crippen molar-refractivity contribution in [2.75, 3.05) is 46.4 Å². The second kappa shape index (κ2) is 7.54. The van der Waals surface area contributed by atoms with Gasteiger partial charge in [0, 0.05) is 37.3 Å². The SMILES string of the molecule is Cc1cc(C(=O)N[C@@H]2COC[C@H]2N2CCN(C)CC2)c2cccc(C)c2n1. The molecule has 0 radical (unpaired) electrons. The number of pyridine rings is 1. The number of carbonyl (C=O) groups excluding carboxylic acids is 1. The highest BCUT2D eigenvalue weighted by molar-refractivity contribution is 6.06. The van der Waals surface area contributed by atoms with Gasteiger partial charge in [-0.2, -0.15) is 0 Å². The minimum Gasteiger partial charge on any atom is -0.378 e. The molecule has 144 valence electrons. The normalized spacial score (nSPS) is 24.4. The Bertz CT molecular complexity index is 845. The maximum absolute atomic E-state index is 13.1. The van der Waals surface area contributed by atoms with Gasteiger partial charge in [0.25, 0.3) is 5.91 Å². The summed E-state index contributed by atoms with van der Waals surface area (Å²) in [6.07, 6.45) is 0. The minimum atomic E-state index is -0.0364. The van der Waals surface area contributed by atoms with Gasteiger partial charge in [-0.15, -0.1) is 0 Å². The van der Waals surface area contributed by atoms with Gasteiger partial charge >= 0.3 is 0 Å². The molecule has 2 atom stereocenters. The first kappa shape index (κ1) is 18.3. The zero-order valence-corrected chi connectivity index (χ0v) is 16.4. The fraction of sp³-hybridized carbons (Fsp3) is 0.524. The Hall–Kier alpha value is -2.02. The fourth-order valence-electron chi connectivity index (χ4n) is 4.15. The molecule has 0 unspecified atom stereocenters. The quantitative estimate of drug-likeness (QED) is 0.892. The Kier molecular flexibility index (Phi) is 5.12. The Morgan fingerprint density at radius 3 is 2.74 bits per heavy atom. The molecule has 1 N–H and O–H groups in total. The van der Waals surface area contributed by atoms with Crippen LogP contribution < -0.4 is 5.32 Å². The van der Waals surface area contributed by atoms with Crippen LogP contribution in [0, 0.1) is 13.8 Å². The third-order valence-corrected chi connectivity index (χ3v) is 5.79. The van der Waals surface area contributed by atoms with Gasteiger partial charge in [0.2, 0.25) is 0 Å². The average Bonchev–Trinajstić information content (AvgIpc) is 3.10. The monoisotopic (exact) mass is 368 g/mol. The van der Waals surface area contributed by atoms with Crippen molar-refractivity contribution in [1.82, 2.24) is 20.1 Å². The summed E-state index contributed by atoms with van der Waals surface area (Å²) >= 11 is 0. The molecule has 2 aliphatic heterocycles. The zero-order chi connectivity index (χ0) is 19.0. The van der Waals surface area contributed by atoms with E-state index in [1.807, 2.05) is 38.1 Å². The first-order valence-corrected chi connectivity index (χ1v) is 9.71. The molecular formula is C21H28N4O2. The number of hydrogen-bond donors (Lipinski definition) is 1. The number of nitrogens with zero attached hydrogens (tertiary/aromatic N) is 3. The van der Waals surface area contributed by atoms with Crippen LogP contribution in [-0.4, -0.2) is 79.2 Å². The topological polar surface area (TPSA) is 57.7 Å². The number of likely N-dealkylation sites (N-methyl/N-ethyl adjacent to an activating group) is 1. The summed E-state index contributed by atoms with van der Waals surface area (Å²) in [6.45, 7) is 9.39. The van der Waals surface area contributed by atoms with Gasteiger partial charge in [0.1, 0.15) is 0 Å². The summed E-state index contributed by atoms with van der Waals surface area (Å²) in [4.78, 5) is 22.6. The summed E-state index contributed by atoms with van der Waals surface area (Å²) in [6, 6.07) is 8.15. The first-order chi connectivity index (χ1) is 13.0. The van der Waals surface area contributed by atoms with Crippen molar-refractivity contribution in [2.45, 2.75) is 25.9 Å². The number of ether oxygens (including phenoxy) is 1. The van der Waals surface area contributed by atoms with Gasteiger partial charge in [-0.25, -0.2) is 0 Å². The smallest absolute Gasteiger partial charge is 0.252 e. The lowest BCUT2D eigenvalue weighted by Gasteiger charge is -2.38. The molecule has 0 bridgehead atoms. The maximum Gasteiger partial charge on any atom is 0.252 e. The number of fused-ring (bicyclic) bond motifs is 1. The van der Waals surface area contributed by atoms with Crippen LogP contribution in [0.5, 0.6) is 0 Å². The van der Waals surface area contributed by atoms with Crippen LogP contribution in [0.2, 0.25) is 0 Å². The summed E-state index contributed by atoms with van der Waals surface area (Å²) in [5.74, 6) is -0.0364. The minimum absolute atomic E-state index is 0.0224. The molecule has 1 aromatic carbocycles. The van der Waals surface area contributed by atoms with Crippen molar-refractivity contribution in [3.05, 3.63) is 41.1 Å². The molecule has 0 saturated carbocycles. The molecule has 2 fully saturated rings. The van der Waals surface area contributed by atoms with Crippen LogP contribution in [0.4, 0.5) is 0 Å². The lowest BCUT2D eigenvalue weighted by molar-refractivity contribution is 0.0830. The summed E-state index contributed by atoms with van der Waals surface area (Å²) < 4.78 is 5.73. The summed E-state index contributed by atoms with van der Waals surface area (Å²) in [7, 11) is 2.15. The second-order valence-electron chi connectivity index (χ2n) is 7.81. The Morgan fingerprint density at radius 1 is 1.19 bits per heavy atom. The van der Waals surface area contributed by atoms with E-state index in [-0.39, 0.29) is 18.0 Å². The van der Waals surface area contributed by atoms with E-state index in [9.17, 15) is 4.79 Å². The molecule has 2 saturated heterocycles. The Labute approximate surface area is 160 Å². The standard InChI is InChI=1S/C21H28N4O2/c1-14-5-4-6-16-17(11-15(2)22-20(14)16)21(26)23-18-12-27-13-19(18)25-9-7-24(3)8-10-25/h4-6,11,18-19H,7-10,12-13H2,1-3H3,(H,23,26)/t18-,19-/m1/s1. The number of para-hydroxylation sites is 1. The van der Waals surface area contributed by atoms with Crippen molar-refractivity contribution in [3.8, 4) is 0 Å². The van der Waals surface area contributed by atoms with Crippen LogP contribution in [-0.2, 0) is 4.74 Å². The van der Waals surface area contributed by atoms with Crippen molar-refractivity contribution in [3.63, 3.8) is 0 Å². The number of hydrogen-bond acceptors (Lipinski definition) is 5. The van der Waals surface area contributed by atoms with Crippen LogP contribution in [0.25, 0.3) is 10.9 Å². The number of amides is 1. The van der Waals surface area contributed by atoms with E-state index < -0.39 is 0 Å². The van der Waals surface area contributed by atoms with Crippen LogP contribution >= 0.6 is 0 Å². The number of aryl methyl sites for hydroxylation is 2. The second-order valence-corrected chi connectivity index (χ2v) is 7.81. The highest BCUT2D eigenvalue weighted by Crippen LogP contribution is 2.22. The predicted octanol–water partition coefficient (Wildman–Crippen LogP) is 1.60. The van der Waals surface area contributed by atoms with Gasteiger partial charge in [-0.3, -0.25) is 14.7 Å². The van der Waals surface area contributed by atoms with E-state index in [1.54, 1.807) is 0 Å². The van der Waals surface area contributed by atoms with E-state index in [0.717, 1.165) is 48.3 Å². The number of rotatable bonds is 3. The largest absolute Gasteiger partial charge is 0.378 e. The van der Waals surface area contributed by atoms with Gasteiger partial charge < -0.3 is 15.0 Å². The van der Waals surface area contributed by atoms with Crippen molar-refractivity contribution >= 4 is 16.8 Å². The van der Waals surface area contributed by atoms with Crippen LogP contribution in [0.15, 0.2) is 24.3 Å². The molecule has 6 nitrogen and oxygen atoms in total. The predicted molar refractivity (Wildman–Crippen MR) is 106 cm³/mol. The number of carbonyl (C=O) groups is 1. The zero-order valence-electron chi connectivity index (χ0n) is 16.4. The van der Waals surface area contributed by atoms with Gasteiger partial charge in [0.15, 0.2) is 0 Å². The third kappa shape index (κ3) is 3.70. The van der Waals surface area contributed by atoms with Gasteiger partial charge in [0.05, 0.1) is 36.4 Å². The molecule has 1 aromatic heterocycles. The van der Waals surface area contributed by atoms with Crippen molar-refractivity contribution in [2.24, 2.45) is 0 Å². The molecule has 1 amide bonds. The molecular weight excluding hydrogens is 340 g/mol. The molecule has 0 aliphatic carbocycles. The fourth-order valence-corrected chi connectivity index (χ4v) is 4.15. The Balaban J connectivity index is 1.55. The summed E-state index contributed by atoms with van der Waals surface area (Å²) in [5, 5.41) is 4.16. The van der Waals surface area contributed by atoms with E-state index in [2.05, 4.69) is 27.1 Å². The van der Waals surface area contributed by atoms with Gasteiger partial charge in [-0.1, -0.05) is 18.2 Å². The molecule has 2 aliphatic rings. The van der Waals surface area contributed by atoms with Crippen LogP contribution in [0.3, 0.4) is 0 Å². The van der Waals surface area contributed by atoms with Crippen LogP contribution in [0.1, 0.15) is 21.6 Å². The summed E-state index contributed by atoms with van der Waals surface area (Å²) in [5.41, 5.74) is 3.55. The lowest BCUT2D eigenvalue weighted by Crippen LogP contribution is -2.56. The highest BCUT2D eigenvalue weighted by Gasteiger charge is 2.35. The number of piperazine rings is 1. The number of aromatic nitrogens is 1. The maximum atomic E-state index is 13.1. The average molecular weight is 368 g/mol. The molecule has 2 aromatic rings. The molecule has 0 spiro atoms. The van der Waals surface area contributed by atoms with E-state index in [4.69, 9.17) is 4.74 Å². The lowest BCUT2D eigenvalue weighted by atomic mass is 10.0. The first-order valence-electron chi connectivity index (χ1n) is 9.71. The van der Waals surface area contributed by atoms with Gasteiger partial charge in [-0.05, 0) is 32.5 Å². The molecule has 27 heavy (non-hydrogen) atoms. The Morgan fingerprint density at radius 2 is 1.96 bits per heavy atom. The van der Waals surface area contributed by atoms with E-state index >= 15 is 0 Å². The van der Waals surface area contributed by atoms with E-state index in [0.29, 0.717) is 18.8 Å². The molecule has 4 rings (SSSR count). The molecule has 6 heteroatoms. The molecule has 3 heterocycles.